The van der Waals surface area contributed by atoms with Crippen molar-refractivity contribution in [3.05, 3.63) is 11.1 Å². The number of halogens is 1. The Hall–Kier alpha value is -1.04. The second kappa shape index (κ2) is 7.67. The van der Waals surface area contributed by atoms with Crippen molar-refractivity contribution in [3.63, 3.8) is 0 Å². The van der Waals surface area contributed by atoms with Crippen molar-refractivity contribution in [1.82, 2.24) is 10.2 Å². The van der Waals surface area contributed by atoms with E-state index in [9.17, 15) is 9.59 Å². The van der Waals surface area contributed by atoms with Gasteiger partial charge in [-0.25, -0.2) is 4.79 Å². The van der Waals surface area contributed by atoms with Crippen molar-refractivity contribution in [2.45, 2.75) is 39.2 Å². The van der Waals surface area contributed by atoms with E-state index in [2.05, 4.69) is 21.2 Å². The number of amides is 2. The van der Waals surface area contributed by atoms with Crippen LogP contribution < -0.4 is 5.32 Å². The van der Waals surface area contributed by atoms with E-state index in [4.69, 9.17) is 4.74 Å². The van der Waals surface area contributed by atoms with Gasteiger partial charge in [-0.2, -0.15) is 0 Å². The van der Waals surface area contributed by atoms with Crippen LogP contribution >= 0.6 is 15.9 Å². The minimum atomic E-state index is -0.454. The molecule has 1 rings (SSSR count). The molecular formula is C14H23BrN2O3. The van der Waals surface area contributed by atoms with Crippen molar-refractivity contribution in [2.75, 3.05) is 19.6 Å². The molecule has 1 heterocycles. The molecule has 0 spiro atoms. The van der Waals surface area contributed by atoms with Gasteiger partial charge < -0.3 is 15.0 Å². The molecule has 0 aromatic heterocycles. The summed E-state index contributed by atoms with van der Waals surface area (Å²) in [4.78, 5) is 26.5. The molecule has 0 bridgehead atoms. The fraction of sp³-hybridized carbons (Fsp3) is 0.714. The number of ether oxygens (including phenoxy) is 1. The Balaban J connectivity index is 2.29. The maximum Gasteiger partial charge on any atom is 0.410 e. The Morgan fingerprint density at radius 1 is 1.35 bits per heavy atom. The minimum absolute atomic E-state index is 0.101. The summed E-state index contributed by atoms with van der Waals surface area (Å²) in [6.45, 7) is 7.62. The van der Waals surface area contributed by atoms with Crippen LogP contribution in [-0.4, -0.2) is 42.1 Å². The lowest BCUT2D eigenvalue weighted by Crippen LogP contribution is -2.43. The molecule has 1 aliphatic heterocycles. The highest BCUT2D eigenvalue weighted by Gasteiger charge is 2.26. The summed E-state index contributed by atoms with van der Waals surface area (Å²) < 4.78 is 5.35. The Morgan fingerprint density at radius 2 is 1.95 bits per heavy atom. The Morgan fingerprint density at radius 3 is 2.45 bits per heavy atom. The first-order valence-corrected chi connectivity index (χ1v) is 7.76. The van der Waals surface area contributed by atoms with Gasteiger partial charge in [-0.15, -0.1) is 0 Å². The van der Waals surface area contributed by atoms with Crippen LogP contribution in [0, 0.1) is 5.92 Å². The van der Waals surface area contributed by atoms with Gasteiger partial charge in [0.2, 0.25) is 5.91 Å². The highest BCUT2D eigenvalue weighted by atomic mass is 79.9. The van der Waals surface area contributed by atoms with Gasteiger partial charge in [-0.3, -0.25) is 4.79 Å². The zero-order valence-corrected chi connectivity index (χ0v) is 13.9. The predicted octanol–water partition coefficient (Wildman–Crippen LogP) is 2.66. The lowest BCUT2D eigenvalue weighted by Gasteiger charge is -2.33. The minimum Gasteiger partial charge on any atom is -0.444 e. The van der Waals surface area contributed by atoms with Gasteiger partial charge in [0.05, 0.1) is 0 Å². The lowest BCUT2D eigenvalue weighted by atomic mass is 9.97. The van der Waals surface area contributed by atoms with Crippen LogP contribution in [0.3, 0.4) is 0 Å². The van der Waals surface area contributed by atoms with Crippen molar-refractivity contribution in [2.24, 2.45) is 5.92 Å². The number of piperidine rings is 1. The normalized spacial score (nSPS) is 17.3. The number of likely N-dealkylation sites (tertiary alicyclic amines) is 1. The maximum absolute atomic E-state index is 11.9. The van der Waals surface area contributed by atoms with Crippen LogP contribution in [0.25, 0.3) is 0 Å². The number of hydrogen-bond acceptors (Lipinski definition) is 3. The topological polar surface area (TPSA) is 58.6 Å². The SMILES string of the molecule is CC(C)(C)OC(=O)N1CCC(CNC(=O)C=CBr)CC1. The molecule has 1 saturated heterocycles. The number of carbonyl (C=O) groups is 2. The molecular weight excluding hydrogens is 324 g/mol. The van der Waals surface area contributed by atoms with Crippen LogP contribution in [0.15, 0.2) is 11.1 Å². The summed E-state index contributed by atoms with van der Waals surface area (Å²) in [5.41, 5.74) is -0.454. The van der Waals surface area contributed by atoms with Gasteiger partial charge in [0.25, 0.3) is 0 Å². The first kappa shape index (κ1) is 17.0. The van der Waals surface area contributed by atoms with E-state index in [-0.39, 0.29) is 12.0 Å². The quantitative estimate of drug-likeness (QED) is 0.799. The van der Waals surface area contributed by atoms with E-state index < -0.39 is 5.60 Å². The molecule has 0 aromatic rings. The lowest BCUT2D eigenvalue weighted by molar-refractivity contribution is -0.116. The fourth-order valence-electron chi connectivity index (χ4n) is 2.01. The Labute approximate surface area is 128 Å². The van der Waals surface area contributed by atoms with Crippen LogP contribution in [-0.2, 0) is 9.53 Å². The Bertz CT molecular complexity index is 369. The number of carbonyl (C=O) groups excluding carboxylic acids is 2. The molecule has 1 fully saturated rings. The van der Waals surface area contributed by atoms with Crippen LogP contribution in [0.4, 0.5) is 4.79 Å². The molecule has 0 unspecified atom stereocenters. The predicted molar refractivity (Wildman–Crippen MR) is 81.6 cm³/mol. The van der Waals surface area contributed by atoms with Gasteiger partial charge in [-0.1, -0.05) is 15.9 Å². The van der Waals surface area contributed by atoms with Gasteiger partial charge in [-0.05, 0) is 44.5 Å². The first-order chi connectivity index (χ1) is 9.31. The third-order valence-electron chi connectivity index (χ3n) is 3.05. The van der Waals surface area contributed by atoms with Crippen molar-refractivity contribution < 1.29 is 14.3 Å². The number of nitrogens with zero attached hydrogens (tertiary/aromatic N) is 1. The molecule has 114 valence electrons. The fourth-order valence-corrected chi connectivity index (χ4v) is 2.25. The van der Waals surface area contributed by atoms with Crippen LogP contribution in [0.5, 0.6) is 0 Å². The second-order valence-corrected chi connectivity index (χ2v) is 6.48. The first-order valence-electron chi connectivity index (χ1n) is 6.84. The van der Waals surface area contributed by atoms with Crippen LogP contribution in [0.2, 0.25) is 0 Å². The molecule has 0 atom stereocenters. The number of nitrogens with one attached hydrogen (secondary N) is 1. The molecule has 0 saturated carbocycles. The zero-order valence-electron chi connectivity index (χ0n) is 12.3. The van der Waals surface area contributed by atoms with E-state index in [0.29, 0.717) is 25.6 Å². The smallest absolute Gasteiger partial charge is 0.410 e. The maximum atomic E-state index is 11.9. The molecule has 1 aliphatic rings. The molecule has 0 aromatic carbocycles. The average molecular weight is 347 g/mol. The second-order valence-electron chi connectivity index (χ2n) is 5.95. The van der Waals surface area contributed by atoms with Crippen molar-refractivity contribution >= 4 is 27.9 Å². The van der Waals surface area contributed by atoms with E-state index in [1.165, 1.54) is 11.1 Å². The molecule has 20 heavy (non-hydrogen) atoms. The largest absolute Gasteiger partial charge is 0.444 e. The van der Waals surface area contributed by atoms with Crippen LogP contribution in [0.1, 0.15) is 33.6 Å². The van der Waals surface area contributed by atoms with Crippen molar-refractivity contribution in [1.29, 1.82) is 0 Å². The van der Waals surface area contributed by atoms with Gasteiger partial charge >= 0.3 is 6.09 Å². The molecule has 0 aliphatic carbocycles. The van der Waals surface area contributed by atoms with E-state index in [1.54, 1.807) is 4.90 Å². The summed E-state index contributed by atoms with van der Waals surface area (Å²) >= 11 is 3.06. The Kier molecular flexibility index (Phi) is 6.52. The summed E-state index contributed by atoms with van der Waals surface area (Å²) in [5.74, 6) is 0.317. The van der Waals surface area contributed by atoms with Gasteiger partial charge in [0.15, 0.2) is 0 Å². The summed E-state index contributed by atoms with van der Waals surface area (Å²) in [6.07, 6.45) is 2.97. The van der Waals surface area contributed by atoms with Gasteiger partial charge in [0, 0.05) is 25.7 Å². The molecule has 1 N–H and O–H groups in total. The monoisotopic (exact) mass is 346 g/mol. The molecule has 0 radical (unpaired) electrons. The average Bonchev–Trinajstić information content (AvgIpc) is 2.35. The highest BCUT2D eigenvalue weighted by Crippen LogP contribution is 2.19. The summed E-state index contributed by atoms with van der Waals surface area (Å²) in [6, 6.07) is 0. The van der Waals surface area contributed by atoms with E-state index in [0.717, 1.165) is 12.8 Å². The van der Waals surface area contributed by atoms with E-state index in [1.807, 2.05) is 20.8 Å². The third-order valence-corrected chi connectivity index (χ3v) is 3.31. The highest BCUT2D eigenvalue weighted by molar-refractivity contribution is 9.11. The molecule has 5 nitrogen and oxygen atoms in total. The zero-order chi connectivity index (χ0) is 15.2. The molecule has 2 amide bonds. The van der Waals surface area contributed by atoms with Gasteiger partial charge in [0.1, 0.15) is 5.60 Å². The number of rotatable bonds is 3. The molecule has 6 heteroatoms. The third kappa shape index (κ3) is 6.41. The standard InChI is InChI=1S/C14H23BrN2O3/c1-14(2,3)20-13(19)17-8-5-11(6-9-17)10-16-12(18)4-7-15/h4,7,11H,5-6,8-10H2,1-3H3,(H,16,18). The van der Waals surface area contributed by atoms with E-state index >= 15 is 0 Å². The summed E-state index contributed by atoms with van der Waals surface area (Å²) in [7, 11) is 0. The summed E-state index contributed by atoms with van der Waals surface area (Å²) in [5, 5.41) is 2.85. The van der Waals surface area contributed by atoms with Crippen molar-refractivity contribution in [3.8, 4) is 0 Å². The number of hydrogen-bond donors (Lipinski definition) is 1.